The Morgan fingerprint density at radius 1 is 1.14 bits per heavy atom. The summed E-state index contributed by atoms with van der Waals surface area (Å²) in [7, 11) is 0. The molecule has 5 heteroatoms. The van der Waals surface area contributed by atoms with Crippen molar-refractivity contribution < 1.29 is 4.79 Å². The summed E-state index contributed by atoms with van der Waals surface area (Å²) in [6.45, 7) is 1.79. The average Bonchev–Trinajstić information content (AvgIpc) is 2.49. The molecule has 0 bridgehead atoms. The number of benzene rings is 1. The van der Waals surface area contributed by atoms with E-state index in [1.165, 1.54) is 0 Å². The third-order valence-electron chi connectivity index (χ3n) is 3.18. The van der Waals surface area contributed by atoms with Gasteiger partial charge in [-0.2, -0.15) is 0 Å². The van der Waals surface area contributed by atoms with Crippen molar-refractivity contribution in [2.75, 3.05) is 5.32 Å². The number of aryl methyl sites for hydroxylation is 1. The Kier molecular flexibility index (Phi) is 3.54. The van der Waals surface area contributed by atoms with E-state index in [4.69, 9.17) is 11.6 Å². The van der Waals surface area contributed by atoms with Crippen LogP contribution in [0.4, 0.5) is 5.69 Å². The van der Waals surface area contributed by atoms with Gasteiger partial charge in [0.2, 0.25) is 0 Å². The topological polar surface area (TPSA) is 54.9 Å². The second kappa shape index (κ2) is 5.50. The zero-order chi connectivity index (χ0) is 14.8. The van der Waals surface area contributed by atoms with E-state index < -0.39 is 0 Å². The molecule has 0 saturated carbocycles. The molecule has 21 heavy (non-hydrogen) atoms. The summed E-state index contributed by atoms with van der Waals surface area (Å²) >= 11 is 5.81. The first-order valence-electron chi connectivity index (χ1n) is 6.43. The summed E-state index contributed by atoms with van der Waals surface area (Å²) in [4.78, 5) is 20.9. The number of nitrogens with zero attached hydrogens (tertiary/aromatic N) is 2. The Hall–Kier alpha value is -2.46. The normalized spacial score (nSPS) is 10.6. The smallest absolute Gasteiger partial charge is 0.257 e. The molecule has 3 aromatic rings. The molecule has 2 aromatic heterocycles. The fourth-order valence-corrected chi connectivity index (χ4v) is 2.33. The van der Waals surface area contributed by atoms with Crippen molar-refractivity contribution in [3.8, 4) is 0 Å². The highest BCUT2D eigenvalue weighted by molar-refractivity contribution is 6.29. The number of hydrogen-bond acceptors (Lipinski definition) is 3. The van der Waals surface area contributed by atoms with Crippen LogP contribution < -0.4 is 5.32 Å². The van der Waals surface area contributed by atoms with Gasteiger partial charge in [-0.3, -0.25) is 9.78 Å². The molecule has 0 radical (unpaired) electrons. The average molecular weight is 298 g/mol. The van der Waals surface area contributed by atoms with E-state index in [1.54, 1.807) is 31.3 Å². The van der Waals surface area contributed by atoms with Crippen LogP contribution in [-0.4, -0.2) is 15.9 Å². The Morgan fingerprint density at radius 3 is 2.76 bits per heavy atom. The van der Waals surface area contributed by atoms with Crippen LogP contribution in [0.1, 0.15) is 16.1 Å². The summed E-state index contributed by atoms with van der Waals surface area (Å²) in [5.74, 6) is -0.216. The molecular formula is C16H12ClN3O. The third-order valence-corrected chi connectivity index (χ3v) is 3.39. The predicted molar refractivity (Wildman–Crippen MR) is 83.7 cm³/mol. The van der Waals surface area contributed by atoms with E-state index in [2.05, 4.69) is 15.3 Å². The van der Waals surface area contributed by atoms with Gasteiger partial charge in [0.15, 0.2) is 0 Å². The van der Waals surface area contributed by atoms with Crippen LogP contribution in [0.5, 0.6) is 0 Å². The molecule has 4 nitrogen and oxygen atoms in total. The zero-order valence-corrected chi connectivity index (χ0v) is 12.1. The molecule has 0 unspecified atom stereocenters. The van der Waals surface area contributed by atoms with E-state index in [1.807, 2.05) is 24.3 Å². The van der Waals surface area contributed by atoms with Crippen molar-refractivity contribution in [3.05, 3.63) is 65.1 Å². The van der Waals surface area contributed by atoms with Crippen molar-refractivity contribution in [2.45, 2.75) is 6.92 Å². The maximum absolute atomic E-state index is 12.5. The Balaban J connectivity index is 1.97. The quantitative estimate of drug-likeness (QED) is 0.731. The molecule has 0 spiro atoms. The van der Waals surface area contributed by atoms with Crippen LogP contribution in [0.2, 0.25) is 5.15 Å². The lowest BCUT2D eigenvalue weighted by molar-refractivity contribution is 0.102. The molecule has 3 rings (SSSR count). The van der Waals surface area contributed by atoms with Crippen LogP contribution in [0, 0.1) is 6.92 Å². The SMILES string of the molecule is Cc1nc(Cl)ccc1NC(=O)c1cccc2cccnc12. The number of fused-ring (bicyclic) bond motifs is 1. The molecule has 0 saturated heterocycles. The van der Waals surface area contributed by atoms with E-state index in [0.29, 0.717) is 27.6 Å². The molecule has 0 atom stereocenters. The Labute approximate surface area is 126 Å². The second-order valence-electron chi connectivity index (χ2n) is 4.60. The molecule has 1 aromatic carbocycles. The highest BCUT2D eigenvalue weighted by Crippen LogP contribution is 2.20. The van der Waals surface area contributed by atoms with Gasteiger partial charge in [-0.25, -0.2) is 4.98 Å². The minimum atomic E-state index is -0.216. The van der Waals surface area contributed by atoms with Crippen LogP contribution in [0.15, 0.2) is 48.7 Å². The van der Waals surface area contributed by atoms with Crippen LogP contribution in [0.25, 0.3) is 10.9 Å². The third kappa shape index (κ3) is 2.71. The highest BCUT2D eigenvalue weighted by atomic mass is 35.5. The number of hydrogen-bond donors (Lipinski definition) is 1. The number of amides is 1. The van der Waals surface area contributed by atoms with E-state index in [-0.39, 0.29) is 5.91 Å². The number of carbonyl (C=O) groups excluding carboxylic acids is 1. The predicted octanol–water partition coefficient (Wildman–Crippen LogP) is 3.84. The lowest BCUT2D eigenvalue weighted by atomic mass is 10.1. The largest absolute Gasteiger partial charge is 0.320 e. The lowest BCUT2D eigenvalue weighted by Gasteiger charge is -2.09. The van der Waals surface area contributed by atoms with Gasteiger partial charge in [0, 0.05) is 11.6 Å². The molecule has 0 aliphatic rings. The van der Waals surface area contributed by atoms with Crippen molar-refractivity contribution in [3.63, 3.8) is 0 Å². The van der Waals surface area contributed by atoms with Gasteiger partial charge in [-0.15, -0.1) is 0 Å². The fourth-order valence-electron chi connectivity index (χ4n) is 2.14. The van der Waals surface area contributed by atoms with Crippen molar-refractivity contribution in [2.24, 2.45) is 0 Å². The van der Waals surface area contributed by atoms with Crippen LogP contribution in [0.3, 0.4) is 0 Å². The molecule has 0 aliphatic heterocycles. The van der Waals surface area contributed by atoms with E-state index >= 15 is 0 Å². The summed E-state index contributed by atoms with van der Waals surface area (Å²) < 4.78 is 0. The first-order chi connectivity index (χ1) is 10.1. The van der Waals surface area contributed by atoms with E-state index in [0.717, 1.165) is 5.39 Å². The maximum atomic E-state index is 12.5. The van der Waals surface area contributed by atoms with Gasteiger partial charge in [-0.05, 0) is 31.2 Å². The van der Waals surface area contributed by atoms with Crippen LogP contribution >= 0.6 is 11.6 Å². The van der Waals surface area contributed by atoms with E-state index in [9.17, 15) is 4.79 Å². The second-order valence-corrected chi connectivity index (χ2v) is 4.99. The number of carbonyl (C=O) groups is 1. The van der Waals surface area contributed by atoms with Crippen LogP contribution in [-0.2, 0) is 0 Å². The number of halogens is 1. The number of nitrogens with one attached hydrogen (secondary N) is 1. The Morgan fingerprint density at radius 2 is 1.95 bits per heavy atom. The highest BCUT2D eigenvalue weighted by Gasteiger charge is 2.12. The number of anilines is 1. The van der Waals surface area contributed by atoms with Gasteiger partial charge in [0.25, 0.3) is 5.91 Å². The molecule has 2 heterocycles. The van der Waals surface area contributed by atoms with Crippen molar-refractivity contribution >= 4 is 34.1 Å². The Bertz CT molecular complexity index is 827. The summed E-state index contributed by atoms with van der Waals surface area (Å²) in [6.07, 6.45) is 1.67. The van der Waals surface area contributed by atoms with Crippen molar-refractivity contribution in [1.29, 1.82) is 0 Å². The molecule has 0 aliphatic carbocycles. The molecule has 0 fully saturated rings. The minimum absolute atomic E-state index is 0.216. The van der Waals surface area contributed by atoms with Gasteiger partial charge in [-0.1, -0.05) is 29.8 Å². The lowest BCUT2D eigenvalue weighted by Crippen LogP contribution is -2.14. The monoisotopic (exact) mass is 297 g/mol. The molecule has 1 amide bonds. The number of pyridine rings is 2. The zero-order valence-electron chi connectivity index (χ0n) is 11.3. The first-order valence-corrected chi connectivity index (χ1v) is 6.81. The molecule has 104 valence electrons. The maximum Gasteiger partial charge on any atom is 0.257 e. The minimum Gasteiger partial charge on any atom is -0.320 e. The molecular weight excluding hydrogens is 286 g/mol. The standard InChI is InChI=1S/C16H12ClN3O/c1-10-13(7-8-14(17)19-10)20-16(21)12-6-2-4-11-5-3-9-18-15(11)12/h2-9H,1H3,(H,20,21). The van der Waals surface area contributed by atoms with Crippen molar-refractivity contribution in [1.82, 2.24) is 9.97 Å². The summed E-state index contributed by atoms with van der Waals surface area (Å²) in [5.41, 5.74) is 2.51. The first kappa shape index (κ1) is 13.5. The van der Waals surface area contributed by atoms with Gasteiger partial charge in [0.1, 0.15) is 5.15 Å². The summed E-state index contributed by atoms with van der Waals surface area (Å²) in [6, 6.07) is 12.7. The number of para-hydroxylation sites is 1. The fraction of sp³-hybridized carbons (Fsp3) is 0.0625. The summed E-state index contributed by atoms with van der Waals surface area (Å²) in [5, 5.41) is 4.17. The van der Waals surface area contributed by atoms with Gasteiger partial charge < -0.3 is 5.32 Å². The van der Waals surface area contributed by atoms with Gasteiger partial charge >= 0.3 is 0 Å². The number of rotatable bonds is 2. The number of aromatic nitrogens is 2. The molecule has 1 N–H and O–H groups in total. The van der Waals surface area contributed by atoms with Gasteiger partial charge in [0.05, 0.1) is 22.5 Å².